The van der Waals surface area contributed by atoms with Gasteiger partial charge in [0.05, 0.1) is 19.3 Å². The third-order valence-electron chi connectivity index (χ3n) is 4.13. The molecule has 1 aromatic carbocycles. The Morgan fingerprint density at radius 3 is 3.00 bits per heavy atom. The van der Waals surface area contributed by atoms with Crippen molar-refractivity contribution in [3.05, 3.63) is 47.3 Å². The van der Waals surface area contributed by atoms with Crippen LogP contribution >= 0.6 is 0 Å². The molecular weight excluding hydrogens is 294 g/mol. The zero-order valence-electron chi connectivity index (χ0n) is 13.6. The van der Waals surface area contributed by atoms with Crippen molar-refractivity contribution in [2.24, 2.45) is 7.05 Å². The number of carbonyl (C=O) groups excluding carboxylic acids is 1. The lowest BCUT2D eigenvalue weighted by Crippen LogP contribution is -2.36. The third-order valence-corrected chi connectivity index (χ3v) is 4.13. The average Bonchev–Trinajstić information content (AvgIpc) is 3.16. The fourth-order valence-electron chi connectivity index (χ4n) is 2.87. The van der Waals surface area contributed by atoms with Crippen molar-refractivity contribution in [3.8, 4) is 5.75 Å². The Balaban J connectivity index is 1.74. The summed E-state index contributed by atoms with van der Waals surface area (Å²) in [6, 6.07) is 5.40. The van der Waals surface area contributed by atoms with Gasteiger partial charge >= 0.3 is 0 Å². The number of aryl methyl sites for hydroxylation is 2. The van der Waals surface area contributed by atoms with Crippen LogP contribution in [0.2, 0.25) is 0 Å². The number of hydrogen-bond donors (Lipinski definition) is 1. The molecule has 1 N–H and O–H groups in total. The Kier molecular flexibility index (Phi) is 4.34. The van der Waals surface area contributed by atoms with Gasteiger partial charge in [-0.3, -0.25) is 9.48 Å². The number of nitrogens with zero attached hydrogens (tertiary/aromatic N) is 2. The van der Waals surface area contributed by atoms with E-state index >= 15 is 0 Å². The first-order valence-electron chi connectivity index (χ1n) is 7.64. The summed E-state index contributed by atoms with van der Waals surface area (Å²) in [6.07, 6.45) is 4.34. The van der Waals surface area contributed by atoms with E-state index in [1.165, 1.54) is 0 Å². The van der Waals surface area contributed by atoms with Crippen molar-refractivity contribution < 1.29 is 14.3 Å². The van der Waals surface area contributed by atoms with Crippen molar-refractivity contribution in [2.45, 2.75) is 25.5 Å². The molecule has 0 saturated carbocycles. The second-order valence-corrected chi connectivity index (χ2v) is 5.79. The number of benzene rings is 1. The number of rotatable bonds is 4. The summed E-state index contributed by atoms with van der Waals surface area (Å²) in [6.45, 7) is 2.57. The molecule has 0 bridgehead atoms. The van der Waals surface area contributed by atoms with Crippen molar-refractivity contribution >= 4 is 5.91 Å². The van der Waals surface area contributed by atoms with Crippen LogP contribution in [0, 0.1) is 6.92 Å². The topological polar surface area (TPSA) is 65.4 Å². The molecule has 1 aliphatic rings. The summed E-state index contributed by atoms with van der Waals surface area (Å²) in [7, 11) is 3.47. The van der Waals surface area contributed by atoms with Crippen molar-refractivity contribution in [3.63, 3.8) is 0 Å². The largest absolute Gasteiger partial charge is 0.496 e. The molecule has 1 fully saturated rings. The van der Waals surface area contributed by atoms with E-state index in [1.807, 2.05) is 32.3 Å². The van der Waals surface area contributed by atoms with Crippen LogP contribution in [0.5, 0.6) is 5.75 Å². The number of methoxy groups -OCH3 is 1. The zero-order chi connectivity index (χ0) is 16.4. The van der Waals surface area contributed by atoms with Gasteiger partial charge in [-0.15, -0.1) is 0 Å². The van der Waals surface area contributed by atoms with Gasteiger partial charge in [0.1, 0.15) is 11.9 Å². The van der Waals surface area contributed by atoms with E-state index in [1.54, 1.807) is 24.1 Å². The first kappa shape index (κ1) is 15.6. The smallest absolute Gasteiger partial charge is 0.251 e. The summed E-state index contributed by atoms with van der Waals surface area (Å²) in [5.41, 5.74) is 2.57. The Bertz CT molecular complexity index is 711. The highest BCUT2D eigenvalue weighted by Gasteiger charge is 2.32. The fourth-order valence-corrected chi connectivity index (χ4v) is 2.87. The van der Waals surface area contributed by atoms with Crippen LogP contribution in [0.15, 0.2) is 30.6 Å². The molecule has 0 radical (unpaired) electrons. The van der Waals surface area contributed by atoms with Crippen LogP contribution in [0.4, 0.5) is 0 Å². The lowest BCUT2D eigenvalue weighted by Gasteiger charge is -2.19. The molecule has 0 aliphatic carbocycles. The summed E-state index contributed by atoms with van der Waals surface area (Å²) in [4.78, 5) is 12.5. The first-order valence-corrected chi connectivity index (χ1v) is 7.64. The number of amides is 1. The molecule has 2 atom stereocenters. The van der Waals surface area contributed by atoms with Crippen LogP contribution in [-0.4, -0.2) is 35.4 Å². The predicted octanol–water partition coefficient (Wildman–Crippen LogP) is 2.00. The molecule has 6 nitrogen and oxygen atoms in total. The van der Waals surface area contributed by atoms with E-state index in [0.717, 1.165) is 17.5 Å². The normalized spacial score (nSPS) is 20.5. The van der Waals surface area contributed by atoms with E-state index in [4.69, 9.17) is 9.47 Å². The molecule has 6 heteroatoms. The fraction of sp³-hybridized carbons (Fsp3) is 0.412. The number of hydrogen-bond acceptors (Lipinski definition) is 4. The predicted molar refractivity (Wildman–Crippen MR) is 85.5 cm³/mol. The molecule has 0 unspecified atom stereocenters. The van der Waals surface area contributed by atoms with Gasteiger partial charge in [0.2, 0.25) is 0 Å². The van der Waals surface area contributed by atoms with E-state index in [2.05, 4.69) is 10.4 Å². The molecule has 23 heavy (non-hydrogen) atoms. The maximum absolute atomic E-state index is 12.5. The Morgan fingerprint density at radius 2 is 2.30 bits per heavy atom. The van der Waals surface area contributed by atoms with Gasteiger partial charge in [-0.05, 0) is 31.0 Å². The molecule has 1 aromatic heterocycles. The minimum Gasteiger partial charge on any atom is -0.496 e. The van der Waals surface area contributed by atoms with Crippen LogP contribution in [0.25, 0.3) is 0 Å². The minimum atomic E-state index is -0.153. The molecule has 0 spiro atoms. The molecule has 2 heterocycles. The number of aromatic nitrogens is 2. The summed E-state index contributed by atoms with van der Waals surface area (Å²) < 4.78 is 12.8. The summed E-state index contributed by atoms with van der Waals surface area (Å²) >= 11 is 0. The van der Waals surface area contributed by atoms with E-state index in [9.17, 15) is 4.79 Å². The quantitative estimate of drug-likeness (QED) is 0.937. The molecule has 1 amide bonds. The lowest BCUT2D eigenvalue weighted by atomic mass is 10.0. The standard InChI is InChI=1S/C17H21N3O3/c1-11-4-5-12(8-15(11)22-3)17(21)19-14-6-7-23-16(14)13-9-18-20(2)10-13/h4-5,8-10,14,16H,6-7H2,1-3H3,(H,19,21)/t14-,16+/m0/s1. The van der Waals surface area contributed by atoms with Gasteiger partial charge in [0.25, 0.3) is 5.91 Å². The second kappa shape index (κ2) is 6.42. The van der Waals surface area contributed by atoms with Gasteiger partial charge in [0, 0.05) is 31.0 Å². The van der Waals surface area contributed by atoms with E-state index in [-0.39, 0.29) is 18.1 Å². The van der Waals surface area contributed by atoms with Gasteiger partial charge in [-0.2, -0.15) is 5.10 Å². The van der Waals surface area contributed by atoms with Crippen molar-refractivity contribution in [2.75, 3.05) is 13.7 Å². The van der Waals surface area contributed by atoms with Crippen LogP contribution in [0.3, 0.4) is 0 Å². The second-order valence-electron chi connectivity index (χ2n) is 5.79. The van der Waals surface area contributed by atoms with Gasteiger partial charge in [0.15, 0.2) is 0 Å². The van der Waals surface area contributed by atoms with Crippen LogP contribution in [-0.2, 0) is 11.8 Å². The highest BCUT2D eigenvalue weighted by molar-refractivity contribution is 5.95. The summed E-state index contributed by atoms with van der Waals surface area (Å²) in [5, 5.41) is 7.24. The zero-order valence-corrected chi connectivity index (χ0v) is 13.6. The average molecular weight is 315 g/mol. The number of nitrogens with one attached hydrogen (secondary N) is 1. The highest BCUT2D eigenvalue weighted by Crippen LogP contribution is 2.29. The number of carbonyl (C=O) groups is 1. The Hall–Kier alpha value is -2.34. The first-order chi connectivity index (χ1) is 11.1. The van der Waals surface area contributed by atoms with Gasteiger partial charge in [-0.25, -0.2) is 0 Å². The molecule has 1 aliphatic heterocycles. The molecule has 122 valence electrons. The van der Waals surface area contributed by atoms with Gasteiger partial charge < -0.3 is 14.8 Å². The number of ether oxygens (including phenoxy) is 2. The molecule has 3 rings (SSSR count). The van der Waals surface area contributed by atoms with E-state index in [0.29, 0.717) is 17.9 Å². The minimum absolute atomic E-state index is 0.0565. The third kappa shape index (κ3) is 3.22. The van der Waals surface area contributed by atoms with Crippen LogP contribution in [0.1, 0.15) is 34.0 Å². The monoisotopic (exact) mass is 315 g/mol. The van der Waals surface area contributed by atoms with Crippen molar-refractivity contribution in [1.29, 1.82) is 0 Å². The Morgan fingerprint density at radius 1 is 1.48 bits per heavy atom. The lowest BCUT2D eigenvalue weighted by molar-refractivity contribution is 0.0821. The molecule has 1 saturated heterocycles. The maximum atomic E-state index is 12.5. The Labute approximate surface area is 135 Å². The SMILES string of the molecule is COc1cc(C(=O)N[C@H]2CCO[C@@H]2c2cnn(C)c2)ccc1C. The molecular formula is C17H21N3O3. The maximum Gasteiger partial charge on any atom is 0.251 e. The van der Waals surface area contributed by atoms with Crippen molar-refractivity contribution in [1.82, 2.24) is 15.1 Å². The molecule has 2 aromatic rings. The summed E-state index contributed by atoms with van der Waals surface area (Å²) in [5.74, 6) is 0.594. The van der Waals surface area contributed by atoms with Gasteiger partial charge in [-0.1, -0.05) is 6.07 Å². The highest BCUT2D eigenvalue weighted by atomic mass is 16.5. The van der Waals surface area contributed by atoms with E-state index < -0.39 is 0 Å². The van der Waals surface area contributed by atoms with Crippen LogP contribution < -0.4 is 10.1 Å².